The summed E-state index contributed by atoms with van der Waals surface area (Å²) in [6.07, 6.45) is 2.36. The van der Waals surface area contributed by atoms with Crippen LogP contribution in [-0.4, -0.2) is 10.9 Å². The molecule has 2 aromatic rings. The largest absolute Gasteiger partial charge is 0.365 e. The number of hydrogen-bond acceptors (Lipinski definition) is 2. The molecular formula is C12H6F4N2O. The molecule has 0 saturated carbocycles. The lowest BCUT2D eigenvalue weighted by molar-refractivity contribution is 0.0990. The van der Waals surface area contributed by atoms with E-state index in [1.807, 2.05) is 0 Å². The fourth-order valence-electron chi connectivity index (χ4n) is 1.61. The molecule has 2 N–H and O–H groups in total. The predicted molar refractivity (Wildman–Crippen MR) is 58.0 cm³/mol. The van der Waals surface area contributed by atoms with Gasteiger partial charge in [-0.25, -0.2) is 17.6 Å². The minimum atomic E-state index is -1.83. The first-order valence-electron chi connectivity index (χ1n) is 5.01. The highest BCUT2D eigenvalue weighted by Gasteiger charge is 2.28. The number of nitrogens with two attached hydrogens (primary N) is 1. The zero-order valence-electron chi connectivity index (χ0n) is 9.25. The second kappa shape index (κ2) is 4.68. The lowest BCUT2D eigenvalue weighted by atomic mass is 10.0. The maximum Gasteiger partial charge on any atom is 0.254 e. The standard InChI is InChI=1S/C12H6F4N2O/c13-8-6(5-2-1-3-18-4-5)9(14)11(16)7(10(8)15)12(17)19/h1-4H,(H2,17,19). The number of amides is 1. The first-order valence-corrected chi connectivity index (χ1v) is 5.01. The zero-order chi connectivity index (χ0) is 14.2. The van der Waals surface area contributed by atoms with Crippen LogP contribution in [0.15, 0.2) is 24.5 Å². The van der Waals surface area contributed by atoms with Gasteiger partial charge in [-0.15, -0.1) is 0 Å². The molecule has 0 aliphatic rings. The predicted octanol–water partition coefficient (Wildman–Crippen LogP) is 2.40. The van der Waals surface area contributed by atoms with Gasteiger partial charge in [-0.05, 0) is 6.07 Å². The third kappa shape index (κ3) is 2.03. The molecule has 98 valence electrons. The Kier molecular flexibility index (Phi) is 3.20. The Morgan fingerprint density at radius 2 is 1.63 bits per heavy atom. The molecule has 0 aliphatic carbocycles. The van der Waals surface area contributed by atoms with Crippen molar-refractivity contribution < 1.29 is 22.4 Å². The molecule has 0 aliphatic heterocycles. The van der Waals surface area contributed by atoms with Gasteiger partial charge >= 0.3 is 0 Å². The fraction of sp³-hybridized carbons (Fsp3) is 0. The number of hydrogen-bond donors (Lipinski definition) is 1. The highest BCUT2D eigenvalue weighted by Crippen LogP contribution is 2.31. The third-order valence-electron chi connectivity index (χ3n) is 2.46. The van der Waals surface area contributed by atoms with E-state index in [0.29, 0.717) is 0 Å². The summed E-state index contributed by atoms with van der Waals surface area (Å²) in [6.45, 7) is 0. The third-order valence-corrected chi connectivity index (χ3v) is 2.46. The average molecular weight is 270 g/mol. The molecule has 0 radical (unpaired) electrons. The van der Waals surface area contributed by atoms with Gasteiger partial charge in [-0.1, -0.05) is 6.07 Å². The number of aromatic nitrogens is 1. The summed E-state index contributed by atoms with van der Waals surface area (Å²) in [6, 6.07) is 2.56. The van der Waals surface area contributed by atoms with Crippen molar-refractivity contribution in [2.45, 2.75) is 0 Å². The monoisotopic (exact) mass is 270 g/mol. The van der Waals surface area contributed by atoms with Crippen molar-refractivity contribution in [1.29, 1.82) is 0 Å². The van der Waals surface area contributed by atoms with Crippen molar-refractivity contribution in [2.24, 2.45) is 5.73 Å². The second-order valence-electron chi connectivity index (χ2n) is 3.61. The summed E-state index contributed by atoms with van der Waals surface area (Å²) >= 11 is 0. The highest BCUT2D eigenvalue weighted by atomic mass is 19.2. The lowest BCUT2D eigenvalue weighted by Crippen LogP contribution is -2.18. The molecule has 1 heterocycles. The number of rotatable bonds is 2. The Balaban J connectivity index is 2.82. The molecule has 1 aromatic carbocycles. The van der Waals surface area contributed by atoms with Gasteiger partial charge < -0.3 is 5.73 Å². The lowest BCUT2D eigenvalue weighted by Gasteiger charge is -2.09. The number of nitrogens with zero attached hydrogens (tertiary/aromatic N) is 1. The highest BCUT2D eigenvalue weighted by molar-refractivity contribution is 5.94. The van der Waals surface area contributed by atoms with E-state index < -0.39 is 40.3 Å². The molecule has 0 saturated heterocycles. The molecule has 1 aromatic heterocycles. The second-order valence-corrected chi connectivity index (χ2v) is 3.61. The molecule has 2 rings (SSSR count). The maximum absolute atomic E-state index is 13.7. The van der Waals surface area contributed by atoms with Crippen LogP contribution in [0.5, 0.6) is 0 Å². The molecule has 7 heteroatoms. The van der Waals surface area contributed by atoms with Crippen LogP contribution in [0.3, 0.4) is 0 Å². The molecule has 19 heavy (non-hydrogen) atoms. The molecule has 0 bridgehead atoms. The van der Waals surface area contributed by atoms with Crippen LogP contribution >= 0.6 is 0 Å². The quantitative estimate of drug-likeness (QED) is 0.673. The van der Waals surface area contributed by atoms with E-state index in [4.69, 9.17) is 0 Å². The minimum Gasteiger partial charge on any atom is -0.365 e. The van der Waals surface area contributed by atoms with Gasteiger partial charge in [0, 0.05) is 18.0 Å². The van der Waals surface area contributed by atoms with Crippen molar-refractivity contribution >= 4 is 5.91 Å². The van der Waals surface area contributed by atoms with Crippen LogP contribution in [0.4, 0.5) is 17.6 Å². The van der Waals surface area contributed by atoms with Crippen LogP contribution in [0.2, 0.25) is 0 Å². The summed E-state index contributed by atoms with van der Waals surface area (Å²) in [5.74, 6) is -8.64. The summed E-state index contributed by atoms with van der Waals surface area (Å²) < 4.78 is 54.5. The maximum atomic E-state index is 13.7. The molecule has 0 unspecified atom stereocenters. The Morgan fingerprint density at radius 1 is 1.05 bits per heavy atom. The number of primary amides is 1. The van der Waals surface area contributed by atoms with Gasteiger partial charge in [0.15, 0.2) is 23.3 Å². The molecule has 0 spiro atoms. The number of benzene rings is 1. The molecular weight excluding hydrogens is 264 g/mol. The van der Waals surface area contributed by atoms with Gasteiger partial charge in [0.2, 0.25) is 0 Å². The SMILES string of the molecule is NC(=O)c1c(F)c(F)c(-c2cccnc2)c(F)c1F. The van der Waals surface area contributed by atoms with E-state index in [1.165, 1.54) is 18.3 Å². The van der Waals surface area contributed by atoms with Crippen molar-refractivity contribution in [1.82, 2.24) is 4.98 Å². The summed E-state index contributed by atoms with van der Waals surface area (Å²) in [7, 11) is 0. The van der Waals surface area contributed by atoms with Crippen LogP contribution in [0, 0.1) is 23.3 Å². The Bertz CT molecular complexity index is 630. The normalized spacial score (nSPS) is 10.5. The van der Waals surface area contributed by atoms with Gasteiger partial charge in [-0.2, -0.15) is 0 Å². The topological polar surface area (TPSA) is 56.0 Å². The Morgan fingerprint density at radius 3 is 2.05 bits per heavy atom. The molecule has 3 nitrogen and oxygen atoms in total. The van der Waals surface area contributed by atoms with Crippen LogP contribution in [0.25, 0.3) is 11.1 Å². The zero-order valence-corrected chi connectivity index (χ0v) is 9.25. The van der Waals surface area contributed by atoms with Crippen molar-refractivity contribution in [3.8, 4) is 11.1 Å². The first kappa shape index (κ1) is 13.0. The van der Waals surface area contributed by atoms with Crippen molar-refractivity contribution in [2.75, 3.05) is 0 Å². The first-order chi connectivity index (χ1) is 8.95. The van der Waals surface area contributed by atoms with Crippen LogP contribution in [-0.2, 0) is 0 Å². The van der Waals surface area contributed by atoms with Gasteiger partial charge in [0.1, 0.15) is 5.56 Å². The Hall–Kier alpha value is -2.44. The fourth-order valence-corrected chi connectivity index (χ4v) is 1.61. The molecule has 1 amide bonds. The van der Waals surface area contributed by atoms with Crippen molar-refractivity contribution in [3.05, 3.63) is 53.4 Å². The van der Waals surface area contributed by atoms with E-state index in [0.717, 1.165) is 6.20 Å². The smallest absolute Gasteiger partial charge is 0.254 e. The number of pyridine rings is 1. The van der Waals surface area contributed by atoms with E-state index in [1.54, 1.807) is 0 Å². The number of carbonyl (C=O) groups is 1. The van der Waals surface area contributed by atoms with E-state index in [9.17, 15) is 22.4 Å². The number of halogens is 4. The average Bonchev–Trinajstić information content (AvgIpc) is 2.38. The summed E-state index contributed by atoms with van der Waals surface area (Å²) in [5.41, 5.74) is 2.14. The summed E-state index contributed by atoms with van der Waals surface area (Å²) in [4.78, 5) is 14.4. The van der Waals surface area contributed by atoms with Gasteiger partial charge in [0.25, 0.3) is 5.91 Å². The van der Waals surface area contributed by atoms with E-state index >= 15 is 0 Å². The van der Waals surface area contributed by atoms with Crippen molar-refractivity contribution in [3.63, 3.8) is 0 Å². The van der Waals surface area contributed by atoms with E-state index in [2.05, 4.69) is 10.7 Å². The Labute approximate surface area is 104 Å². The number of carbonyl (C=O) groups excluding carboxylic acids is 1. The molecule has 0 fully saturated rings. The van der Waals surface area contributed by atoms with Crippen LogP contribution in [0.1, 0.15) is 10.4 Å². The summed E-state index contributed by atoms with van der Waals surface area (Å²) in [5, 5.41) is 0. The van der Waals surface area contributed by atoms with Gasteiger partial charge in [0.05, 0.1) is 5.56 Å². The van der Waals surface area contributed by atoms with Crippen LogP contribution < -0.4 is 5.73 Å². The minimum absolute atomic E-state index is 0.161. The van der Waals surface area contributed by atoms with E-state index in [-0.39, 0.29) is 5.56 Å². The van der Waals surface area contributed by atoms with Gasteiger partial charge in [-0.3, -0.25) is 9.78 Å². The molecule has 0 atom stereocenters.